The second kappa shape index (κ2) is 8.09. The number of likely N-dealkylation sites (tertiary alicyclic amines) is 1. The summed E-state index contributed by atoms with van der Waals surface area (Å²) in [6.45, 7) is 3.22. The Morgan fingerprint density at radius 3 is 2.81 bits per heavy atom. The largest absolute Gasteiger partial charge is 0.496 e. The van der Waals surface area contributed by atoms with Gasteiger partial charge in [-0.1, -0.05) is 23.4 Å². The molecule has 2 aromatic carbocycles. The van der Waals surface area contributed by atoms with Gasteiger partial charge in [0, 0.05) is 17.4 Å². The summed E-state index contributed by atoms with van der Waals surface area (Å²) in [7, 11) is 1.73. The standard InChI is InChI=1S/C22H25FN2O2/c1-26-20-7-3-2-5-16(20)6-4-12-25-13-10-17(11-14-25)22-19-9-8-18(23)15-21(19)27-24-22/h2-3,5,7-9,15,17H,4,6,10-14H2,1H3. The van der Waals surface area contributed by atoms with Crippen LogP contribution in [0.5, 0.6) is 5.75 Å². The number of para-hydroxylation sites is 1. The van der Waals surface area contributed by atoms with Gasteiger partial charge in [-0.15, -0.1) is 0 Å². The molecule has 1 saturated heterocycles. The van der Waals surface area contributed by atoms with Crippen molar-refractivity contribution >= 4 is 11.0 Å². The van der Waals surface area contributed by atoms with Crippen LogP contribution >= 0.6 is 0 Å². The van der Waals surface area contributed by atoms with Crippen LogP contribution in [-0.4, -0.2) is 36.8 Å². The average Bonchev–Trinajstić information content (AvgIpc) is 3.12. The number of halogens is 1. The Hall–Kier alpha value is -2.40. The summed E-state index contributed by atoms with van der Waals surface area (Å²) >= 11 is 0. The van der Waals surface area contributed by atoms with E-state index in [4.69, 9.17) is 9.26 Å². The highest BCUT2D eigenvalue weighted by atomic mass is 19.1. The number of piperidine rings is 1. The van der Waals surface area contributed by atoms with E-state index < -0.39 is 0 Å². The van der Waals surface area contributed by atoms with Crippen LogP contribution in [0.2, 0.25) is 0 Å². The summed E-state index contributed by atoms with van der Waals surface area (Å²) in [6.07, 6.45) is 4.28. The quantitative estimate of drug-likeness (QED) is 0.627. The maximum atomic E-state index is 13.3. The molecule has 1 aliphatic rings. The van der Waals surface area contributed by atoms with Crippen LogP contribution in [0.3, 0.4) is 0 Å². The van der Waals surface area contributed by atoms with Gasteiger partial charge in [0.05, 0.1) is 12.8 Å². The van der Waals surface area contributed by atoms with Gasteiger partial charge in [0.2, 0.25) is 0 Å². The molecule has 5 heteroatoms. The first-order valence-electron chi connectivity index (χ1n) is 9.63. The lowest BCUT2D eigenvalue weighted by Gasteiger charge is -2.31. The number of benzene rings is 2. The summed E-state index contributed by atoms with van der Waals surface area (Å²) in [5.74, 6) is 1.09. The summed E-state index contributed by atoms with van der Waals surface area (Å²) < 4.78 is 24.1. The fraction of sp³-hybridized carbons (Fsp3) is 0.409. The Bertz CT molecular complexity index is 900. The molecule has 142 valence electrons. The number of rotatable bonds is 6. The molecular formula is C22H25FN2O2. The SMILES string of the molecule is COc1ccccc1CCCN1CCC(c2noc3cc(F)ccc23)CC1. The number of aromatic nitrogens is 1. The van der Waals surface area contributed by atoms with E-state index in [2.05, 4.69) is 22.2 Å². The second-order valence-corrected chi connectivity index (χ2v) is 7.24. The monoisotopic (exact) mass is 368 g/mol. The van der Waals surface area contributed by atoms with Gasteiger partial charge in [-0.2, -0.15) is 0 Å². The van der Waals surface area contributed by atoms with Gasteiger partial charge in [-0.05, 0) is 69.1 Å². The second-order valence-electron chi connectivity index (χ2n) is 7.24. The fourth-order valence-corrected chi connectivity index (χ4v) is 4.06. The minimum atomic E-state index is -0.282. The van der Waals surface area contributed by atoms with E-state index in [1.54, 1.807) is 13.2 Å². The molecule has 0 atom stereocenters. The highest BCUT2D eigenvalue weighted by molar-refractivity contribution is 5.79. The summed E-state index contributed by atoms with van der Waals surface area (Å²) in [4.78, 5) is 2.52. The van der Waals surface area contributed by atoms with E-state index in [0.29, 0.717) is 11.5 Å². The molecule has 0 amide bonds. The first-order valence-corrected chi connectivity index (χ1v) is 9.63. The fourth-order valence-electron chi connectivity index (χ4n) is 4.06. The third-order valence-electron chi connectivity index (χ3n) is 5.55. The Labute approximate surface area is 158 Å². The Morgan fingerprint density at radius 1 is 1.19 bits per heavy atom. The zero-order valence-corrected chi connectivity index (χ0v) is 15.7. The van der Waals surface area contributed by atoms with E-state index in [0.717, 1.165) is 62.1 Å². The summed E-state index contributed by atoms with van der Waals surface area (Å²) in [6, 6.07) is 12.9. The first-order chi connectivity index (χ1) is 13.2. The van der Waals surface area contributed by atoms with Crippen LogP contribution in [0.25, 0.3) is 11.0 Å². The molecule has 0 radical (unpaired) electrons. The van der Waals surface area contributed by atoms with Crippen molar-refractivity contribution in [1.29, 1.82) is 0 Å². The van der Waals surface area contributed by atoms with Crippen molar-refractivity contribution in [2.24, 2.45) is 0 Å². The van der Waals surface area contributed by atoms with Crippen molar-refractivity contribution in [3.63, 3.8) is 0 Å². The third kappa shape index (κ3) is 3.98. The Balaban J connectivity index is 1.30. The summed E-state index contributed by atoms with van der Waals surface area (Å²) in [5, 5.41) is 5.18. The number of methoxy groups -OCH3 is 1. The number of hydrogen-bond donors (Lipinski definition) is 0. The van der Waals surface area contributed by atoms with Crippen molar-refractivity contribution in [1.82, 2.24) is 10.1 Å². The predicted octanol–water partition coefficient (Wildman–Crippen LogP) is 4.79. The van der Waals surface area contributed by atoms with Crippen molar-refractivity contribution in [2.45, 2.75) is 31.6 Å². The van der Waals surface area contributed by atoms with Gasteiger partial charge in [0.1, 0.15) is 11.6 Å². The number of hydrogen-bond acceptors (Lipinski definition) is 4. The third-order valence-corrected chi connectivity index (χ3v) is 5.55. The lowest BCUT2D eigenvalue weighted by atomic mass is 9.91. The Morgan fingerprint density at radius 2 is 2.00 bits per heavy atom. The molecule has 2 heterocycles. The molecule has 0 spiro atoms. The van der Waals surface area contributed by atoms with Crippen molar-refractivity contribution in [3.8, 4) is 5.75 Å². The van der Waals surface area contributed by atoms with E-state index in [1.807, 2.05) is 12.1 Å². The smallest absolute Gasteiger partial charge is 0.170 e. The van der Waals surface area contributed by atoms with Crippen molar-refractivity contribution < 1.29 is 13.7 Å². The normalized spacial score (nSPS) is 16.1. The van der Waals surface area contributed by atoms with E-state index in [1.165, 1.54) is 17.7 Å². The van der Waals surface area contributed by atoms with Gasteiger partial charge >= 0.3 is 0 Å². The molecule has 0 N–H and O–H groups in total. The molecule has 3 aromatic rings. The highest BCUT2D eigenvalue weighted by Crippen LogP contribution is 2.32. The summed E-state index contributed by atoms with van der Waals surface area (Å²) in [5.41, 5.74) is 2.80. The Kier molecular flexibility index (Phi) is 5.39. The minimum Gasteiger partial charge on any atom is -0.496 e. The van der Waals surface area contributed by atoms with Crippen LogP contribution in [0.4, 0.5) is 4.39 Å². The maximum Gasteiger partial charge on any atom is 0.170 e. The zero-order valence-electron chi connectivity index (χ0n) is 15.7. The molecule has 4 nitrogen and oxygen atoms in total. The van der Waals surface area contributed by atoms with Gasteiger partial charge in [0.25, 0.3) is 0 Å². The molecule has 0 aliphatic carbocycles. The average molecular weight is 368 g/mol. The van der Waals surface area contributed by atoms with Gasteiger partial charge < -0.3 is 14.2 Å². The molecule has 1 fully saturated rings. The van der Waals surface area contributed by atoms with Gasteiger partial charge in [0.15, 0.2) is 5.58 Å². The molecule has 0 saturated carbocycles. The molecule has 27 heavy (non-hydrogen) atoms. The van der Waals surface area contributed by atoms with Crippen LogP contribution < -0.4 is 4.74 Å². The minimum absolute atomic E-state index is 0.282. The van der Waals surface area contributed by atoms with Gasteiger partial charge in [-0.25, -0.2) is 4.39 Å². The molecule has 1 aromatic heterocycles. The number of aryl methyl sites for hydroxylation is 1. The number of nitrogens with zero attached hydrogens (tertiary/aromatic N) is 2. The molecule has 0 bridgehead atoms. The van der Waals surface area contributed by atoms with Crippen LogP contribution in [-0.2, 0) is 6.42 Å². The lowest BCUT2D eigenvalue weighted by molar-refractivity contribution is 0.207. The van der Waals surface area contributed by atoms with Crippen LogP contribution in [0, 0.1) is 5.82 Å². The van der Waals surface area contributed by atoms with E-state index >= 15 is 0 Å². The zero-order chi connectivity index (χ0) is 18.6. The molecule has 1 aliphatic heterocycles. The lowest BCUT2D eigenvalue weighted by Crippen LogP contribution is -2.34. The van der Waals surface area contributed by atoms with E-state index in [-0.39, 0.29) is 5.82 Å². The van der Waals surface area contributed by atoms with Crippen molar-refractivity contribution in [2.75, 3.05) is 26.7 Å². The molecular weight excluding hydrogens is 343 g/mol. The number of fused-ring (bicyclic) bond motifs is 1. The topological polar surface area (TPSA) is 38.5 Å². The van der Waals surface area contributed by atoms with E-state index in [9.17, 15) is 4.39 Å². The predicted molar refractivity (Wildman–Crippen MR) is 104 cm³/mol. The number of ether oxygens (including phenoxy) is 1. The van der Waals surface area contributed by atoms with Crippen LogP contribution in [0.1, 0.15) is 36.4 Å². The highest BCUT2D eigenvalue weighted by Gasteiger charge is 2.25. The van der Waals surface area contributed by atoms with Crippen molar-refractivity contribution in [3.05, 3.63) is 59.5 Å². The maximum absolute atomic E-state index is 13.3. The first kappa shape index (κ1) is 18.0. The van der Waals surface area contributed by atoms with Gasteiger partial charge in [-0.3, -0.25) is 0 Å². The molecule has 4 rings (SSSR count). The molecule has 0 unspecified atom stereocenters. The van der Waals surface area contributed by atoms with Crippen LogP contribution in [0.15, 0.2) is 47.0 Å².